The summed E-state index contributed by atoms with van der Waals surface area (Å²) in [5, 5.41) is 9.10. The molecule has 0 unspecified atom stereocenters. The molecule has 2 atom stereocenters. The maximum Gasteiger partial charge on any atom is 0.306 e. The van der Waals surface area contributed by atoms with E-state index in [1.54, 1.807) is 27.2 Å². The van der Waals surface area contributed by atoms with Crippen molar-refractivity contribution in [3.05, 3.63) is 45.6 Å². The van der Waals surface area contributed by atoms with Crippen molar-refractivity contribution >= 4 is 23.5 Å². The van der Waals surface area contributed by atoms with Crippen molar-refractivity contribution < 1.29 is 33.3 Å². The van der Waals surface area contributed by atoms with Gasteiger partial charge in [-0.2, -0.15) is 0 Å². The van der Waals surface area contributed by atoms with E-state index in [-0.39, 0.29) is 40.7 Å². The molecule has 0 aromatic heterocycles. The highest BCUT2D eigenvalue weighted by Crippen LogP contribution is 2.50. The molecule has 0 radical (unpaired) electrons. The summed E-state index contributed by atoms with van der Waals surface area (Å²) < 4.78 is 22.0. The Morgan fingerprint density at radius 1 is 0.978 bits per heavy atom. The first-order valence-electron chi connectivity index (χ1n) is 15.4. The van der Waals surface area contributed by atoms with E-state index in [2.05, 4.69) is 16.0 Å². The van der Waals surface area contributed by atoms with Crippen molar-refractivity contribution in [2.45, 2.75) is 77.3 Å². The molecule has 2 aliphatic carbocycles. The van der Waals surface area contributed by atoms with Crippen LogP contribution in [-0.4, -0.2) is 58.8 Å². The SMILES string of the molecule is COC(=O)CC1(CNC(=O)[C@@H](C)Nc2ccc3c(cc2=O)[C@H](NC(C)=O)CCc2cc(OC)c(OC)c(OC)c2-3)CCCCC1. The van der Waals surface area contributed by atoms with Crippen molar-refractivity contribution in [1.82, 2.24) is 10.6 Å². The molecule has 45 heavy (non-hydrogen) atoms. The van der Waals surface area contributed by atoms with E-state index < -0.39 is 12.1 Å². The number of amides is 2. The van der Waals surface area contributed by atoms with E-state index >= 15 is 0 Å². The number of nitrogens with one attached hydrogen (secondary N) is 3. The molecular formula is C34H45N3O8. The monoisotopic (exact) mass is 623 g/mol. The largest absolute Gasteiger partial charge is 0.493 e. The third-order valence-corrected chi connectivity index (χ3v) is 8.98. The summed E-state index contributed by atoms with van der Waals surface area (Å²) in [7, 11) is 6.02. The third-order valence-electron chi connectivity index (χ3n) is 8.98. The molecule has 1 fully saturated rings. The fourth-order valence-electron chi connectivity index (χ4n) is 6.65. The van der Waals surface area contributed by atoms with Gasteiger partial charge in [-0.15, -0.1) is 0 Å². The number of methoxy groups -OCH3 is 4. The zero-order valence-electron chi connectivity index (χ0n) is 27.1. The maximum absolute atomic E-state index is 13.7. The minimum Gasteiger partial charge on any atom is -0.493 e. The number of esters is 1. The molecule has 0 bridgehead atoms. The highest BCUT2D eigenvalue weighted by atomic mass is 16.5. The van der Waals surface area contributed by atoms with Crippen LogP contribution in [-0.2, 0) is 25.5 Å². The lowest BCUT2D eigenvalue weighted by Crippen LogP contribution is -2.45. The Bertz CT molecular complexity index is 1480. The molecule has 2 aliphatic rings. The lowest BCUT2D eigenvalue weighted by molar-refractivity contribution is -0.144. The number of fused-ring (bicyclic) bond motifs is 3. The first kappa shape index (κ1) is 33.6. The smallest absolute Gasteiger partial charge is 0.306 e. The van der Waals surface area contributed by atoms with Crippen LogP contribution in [0.4, 0.5) is 5.69 Å². The Morgan fingerprint density at radius 2 is 1.69 bits per heavy atom. The van der Waals surface area contributed by atoms with E-state index in [0.29, 0.717) is 47.8 Å². The Balaban J connectivity index is 1.68. The van der Waals surface area contributed by atoms with Crippen LogP contribution >= 0.6 is 0 Å². The summed E-state index contributed by atoms with van der Waals surface area (Å²) >= 11 is 0. The lowest BCUT2D eigenvalue weighted by atomic mass is 9.71. The number of hydrogen-bond donors (Lipinski definition) is 3. The number of carbonyl (C=O) groups is 3. The Morgan fingerprint density at radius 3 is 2.31 bits per heavy atom. The second kappa shape index (κ2) is 14.7. The van der Waals surface area contributed by atoms with Crippen LogP contribution in [0.1, 0.15) is 76.0 Å². The van der Waals surface area contributed by atoms with Crippen LogP contribution in [0.15, 0.2) is 29.1 Å². The van der Waals surface area contributed by atoms with Crippen molar-refractivity contribution in [3.8, 4) is 28.4 Å². The van der Waals surface area contributed by atoms with E-state index in [0.717, 1.165) is 43.2 Å². The van der Waals surface area contributed by atoms with Gasteiger partial charge >= 0.3 is 5.97 Å². The normalized spacial score (nSPS) is 17.3. The van der Waals surface area contributed by atoms with Crippen LogP contribution < -0.4 is 35.6 Å². The van der Waals surface area contributed by atoms with Crippen molar-refractivity contribution in [2.75, 3.05) is 40.3 Å². The van der Waals surface area contributed by atoms with Gasteiger partial charge in [0, 0.05) is 19.0 Å². The summed E-state index contributed by atoms with van der Waals surface area (Å²) in [6, 6.07) is 5.69. The average Bonchev–Trinajstić information content (AvgIpc) is 3.27. The molecule has 0 saturated heterocycles. The molecule has 2 aromatic carbocycles. The fourth-order valence-corrected chi connectivity index (χ4v) is 6.65. The first-order chi connectivity index (χ1) is 21.6. The Kier molecular flexibility index (Phi) is 11.0. The van der Waals surface area contributed by atoms with Gasteiger partial charge in [0.05, 0.1) is 46.6 Å². The molecule has 2 amide bonds. The first-order valence-corrected chi connectivity index (χ1v) is 15.4. The molecule has 4 rings (SSSR count). The summed E-state index contributed by atoms with van der Waals surface area (Å²) in [6.07, 6.45) is 6.16. The van der Waals surface area contributed by atoms with Gasteiger partial charge in [0.15, 0.2) is 11.5 Å². The number of aryl methyl sites for hydroxylation is 1. The predicted octanol–water partition coefficient (Wildman–Crippen LogP) is 4.29. The molecule has 0 heterocycles. The van der Waals surface area contributed by atoms with Crippen LogP contribution in [0, 0.1) is 5.41 Å². The zero-order valence-corrected chi connectivity index (χ0v) is 27.1. The minimum absolute atomic E-state index is 0.218. The van der Waals surface area contributed by atoms with Crippen molar-refractivity contribution in [2.24, 2.45) is 5.41 Å². The molecular weight excluding hydrogens is 578 g/mol. The standard InChI is InChI=1S/C34H45N3O8/c1-20(33(41)35-19-34(18-29(40)43-4)14-8-7-9-15-34)36-26-13-11-23-24(17-27(26)39)25(37-21(2)38)12-10-22-16-28(42-3)31(44-5)32(45-6)30(22)23/h11,13,16-17,20,25H,7-10,12,14-15,18-19H2,1-6H3,(H,35,41)(H,36,39)(H,37,38)/t20-,25-/m1/s1. The summed E-state index contributed by atoms with van der Waals surface area (Å²) in [5.41, 5.74) is 2.56. The van der Waals surface area contributed by atoms with Gasteiger partial charge in [-0.25, -0.2) is 0 Å². The Hall–Kier alpha value is -4.28. The molecule has 3 N–H and O–H groups in total. The van der Waals surface area contributed by atoms with Crippen LogP contribution in [0.2, 0.25) is 0 Å². The highest BCUT2D eigenvalue weighted by Gasteiger charge is 2.36. The van der Waals surface area contributed by atoms with E-state index in [1.165, 1.54) is 27.2 Å². The van der Waals surface area contributed by atoms with Crippen LogP contribution in [0.5, 0.6) is 17.2 Å². The van der Waals surface area contributed by atoms with E-state index in [1.807, 2.05) is 12.1 Å². The predicted molar refractivity (Wildman–Crippen MR) is 171 cm³/mol. The average molecular weight is 624 g/mol. The maximum atomic E-state index is 13.7. The van der Waals surface area contributed by atoms with Crippen LogP contribution in [0.3, 0.4) is 0 Å². The van der Waals surface area contributed by atoms with E-state index in [9.17, 15) is 19.2 Å². The quantitative estimate of drug-likeness (QED) is 0.313. The molecule has 11 heteroatoms. The second-order valence-corrected chi connectivity index (χ2v) is 12.0. The lowest BCUT2D eigenvalue weighted by Gasteiger charge is -2.36. The fraction of sp³-hybridized carbons (Fsp3) is 0.529. The number of benzene rings is 1. The van der Waals surface area contributed by atoms with Crippen molar-refractivity contribution in [3.63, 3.8) is 0 Å². The topological polar surface area (TPSA) is 141 Å². The van der Waals surface area contributed by atoms with Gasteiger partial charge in [-0.05, 0) is 72.9 Å². The van der Waals surface area contributed by atoms with E-state index in [4.69, 9.17) is 18.9 Å². The van der Waals surface area contributed by atoms with Crippen LogP contribution in [0.25, 0.3) is 11.1 Å². The minimum atomic E-state index is -0.740. The third kappa shape index (κ3) is 7.51. The Labute approximate surface area is 264 Å². The highest BCUT2D eigenvalue weighted by molar-refractivity contribution is 5.86. The zero-order chi connectivity index (χ0) is 32.7. The number of hydrogen-bond acceptors (Lipinski definition) is 9. The molecule has 244 valence electrons. The van der Waals surface area contributed by atoms with Gasteiger partial charge < -0.3 is 34.9 Å². The number of rotatable bonds is 11. The van der Waals surface area contributed by atoms with Gasteiger partial charge in [0.25, 0.3) is 0 Å². The molecule has 0 spiro atoms. The molecule has 1 saturated carbocycles. The summed E-state index contributed by atoms with van der Waals surface area (Å²) in [4.78, 5) is 51.3. The molecule has 2 aromatic rings. The number of ether oxygens (including phenoxy) is 4. The molecule has 0 aliphatic heterocycles. The van der Waals surface area contributed by atoms with Gasteiger partial charge in [-0.3, -0.25) is 19.2 Å². The number of anilines is 1. The summed E-state index contributed by atoms with van der Waals surface area (Å²) in [6.45, 7) is 3.49. The number of carbonyl (C=O) groups excluding carboxylic acids is 3. The van der Waals surface area contributed by atoms with Gasteiger partial charge in [-0.1, -0.05) is 25.3 Å². The van der Waals surface area contributed by atoms with Crippen molar-refractivity contribution in [1.29, 1.82) is 0 Å². The van der Waals surface area contributed by atoms with Gasteiger partial charge in [0.1, 0.15) is 6.04 Å². The second-order valence-electron chi connectivity index (χ2n) is 12.0. The summed E-state index contributed by atoms with van der Waals surface area (Å²) in [5.74, 6) is 0.615. The van der Waals surface area contributed by atoms with Gasteiger partial charge in [0.2, 0.25) is 23.0 Å². The molecule has 11 nitrogen and oxygen atoms in total.